The number of Topliss-reactive ketones (excluding diaryl/α,β-unsaturated/α-hetero) is 1. The second-order valence-corrected chi connectivity index (χ2v) is 3.86. The molecule has 68 valence electrons. The standard InChI is InChI=1S/C8H13NO3/c1-8(2)11-6-4(9)3-5(10)7(6)12-8/h4,6-7H,3,9H2,1-2H3/t4-,6+,7-/m1/s1. The average molecular weight is 171 g/mol. The Kier molecular flexibility index (Phi) is 1.55. The molecule has 0 aromatic rings. The normalized spacial score (nSPS) is 44.9. The monoisotopic (exact) mass is 171 g/mol. The number of carbonyl (C=O) groups is 1. The van der Waals surface area contributed by atoms with Crippen molar-refractivity contribution in [3.63, 3.8) is 0 Å². The van der Waals surface area contributed by atoms with Crippen LogP contribution in [-0.2, 0) is 14.3 Å². The molecular formula is C8H13NO3. The van der Waals surface area contributed by atoms with E-state index in [0.717, 1.165) is 0 Å². The van der Waals surface area contributed by atoms with Crippen molar-refractivity contribution in [1.82, 2.24) is 0 Å². The minimum absolute atomic E-state index is 0.0677. The van der Waals surface area contributed by atoms with E-state index in [1.165, 1.54) is 0 Å². The number of carbonyl (C=O) groups excluding carboxylic acids is 1. The highest BCUT2D eigenvalue weighted by Gasteiger charge is 2.52. The van der Waals surface area contributed by atoms with Gasteiger partial charge in [-0.2, -0.15) is 0 Å². The van der Waals surface area contributed by atoms with Crippen molar-refractivity contribution in [2.24, 2.45) is 5.73 Å². The van der Waals surface area contributed by atoms with E-state index < -0.39 is 11.9 Å². The second-order valence-electron chi connectivity index (χ2n) is 3.86. The van der Waals surface area contributed by atoms with Gasteiger partial charge in [-0.15, -0.1) is 0 Å². The molecule has 2 rings (SSSR count). The molecule has 12 heavy (non-hydrogen) atoms. The summed E-state index contributed by atoms with van der Waals surface area (Å²) in [5.41, 5.74) is 5.71. The zero-order valence-electron chi connectivity index (χ0n) is 7.24. The molecule has 1 saturated carbocycles. The van der Waals surface area contributed by atoms with Gasteiger partial charge in [-0.3, -0.25) is 4.79 Å². The van der Waals surface area contributed by atoms with Crippen LogP contribution in [0, 0.1) is 0 Å². The van der Waals surface area contributed by atoms with E-state index in [1.54, 1.807) is 13.8 Å². The highest BCUT2D eigenvalue weighted by Crippen LogP contribution is 2.35. The summed E-state index contributed by atoms with van der Waals surface area (Å²) in [5.74, 6) is -0.582. The van der Waals surface area contributed by atoms with Crippen molar-refractivity contribution in [2.75, 3.05) is 0 Å². The summed E-state index contributed by atoms with van der Waals surface area (Å²) in [6.07, 6.45) is -0.270. The third-order valence-electron chi connectivity index (χ3n) is 2.31. The molecule has 4 heteroatoms. The predicted octanol–water partition coefficient (Wildman–Crippen LogP) is -0.193. The Bertz CT molecular complexity index is 226. The van der Waals surface area contributed by atoms with Gasteiger partial charge >= 0.3 is 0 Å². The quantitative estimate of drug-likeness (QED) is 0.548. The molecule has 2 aliphatic rings. The van der Waals surface area contributed by atoms with Crippen LogP contribution in [0.15, 0.2) is 0 Å². The summed E-state index contributed by atoms with van der Waals surface area (Å²) in [4.78, 5) is 11.3. The van der Waals surface area contributed by atoms with E-state index in [1.807, 2.05) is 0 Å². The third kappa shape index (κ3) is 1.07. The number of ether oxygens (including phenoxy) is 2. The fourth-order valence-corrected chi connectivity index (χ4v) is 1.82. The van der Waals surface area contributed by atoms with Crippen LogP contribution in [0.2, 0.25) is 0 Å². The van der Waals surface area contributed by atoms with Gasteiger partial charge in [0.2, 0.25) is 0 Å². The Morgan fingerprint density at radius 3 is 2.75 bits per heavy atom. The second kappa shape index (κ2) is 2.28. The molecule has 3 atom stereocenters. The van der Waals surface area contributed by atoms with Gasteiger partial charge in [0.15, 0.2) is 11.6 Å². The molecule has 2 N–H and O–H groups in total. The van der Waals surface area contributed by atoms with Gasteiger partial charge in [0.25, 0.3) is 0 Å². The van der Waals surface area contributed by atoms with Crippen LogP contribution >= 0.6 is 0 Å². The molecule has 1 aliphatic heterocycles. The molecule has 0 bridgehead atoms. The van der Waals surface area contributed by atoms with Crippen molar-refractivity contribution >= 4 is 5.78 Å². The molecule has 0 aromatic heterocycles. The van der Waals surface area contributed by atoms with Crippen LogP contribution in [0.3, 0.4) is 0 Å². The number of hydrogen-bond donors (Lipinski definition) is 1. The van der Waals surface area contributed by atoms with E-state index in [0.29, 0.717) is 6.42 Å². The van der Waals surface area contributed by atoms with Crippen molar-refractivity contribution in [3.05, 3.63) is 0 Å². The van der Waals surface area contributed by atoms with Gasteiger partial charge < -0.3 is 15.2 Å². The first-order valence-electron chi connectivity index (χ1n) is 4.13. The Balaban J connectivity index is 2.20. The lowest BCUT2D eigenvalue weighted by Crippen LogP contribution is -2.34. The molecule has 4 nitrogen and oxygen atoms in total. The van der Waals surface area contributed by atoms with Gasteiger partial charge in [-0.05, 0) is 13.8 Å². The number of hydrogen-bond acceptors (Lipinski definition) is 4. The molecule has 0 amide bonds. The third-order valence-corrected chi connectivity index (χ3v) is 2.31. The van der Waals surface area contributed by atoms with Gasteiger partial charge in [-0.1, -0.05) is 0 Å². The summed E-state index contributed by atoms with van der Waals surface area (Å²) in [5, 5.41) is 0. The lowest BCUT2D eigenvalue weighted by Gasteiger charge is -2.19. The average Bonchev–Trinajstić information content (AvgIpc) is 2.34. The highest BCUT2D eigenvalue weighted by molar-refractivity contribution is 5.87. The Labute approximate surface area is 71.0 Å². The zero-order valence-corrected chi connectivity index (χ0v) is 7.24. The largest absolute Gasteiger partial charge is 0.342 e. The summed E-state index contributed by atoms with van der Waals surface area (Å²) in [6, 6.07) is -0.190. The van der Waals surface area contributed by atoms with Crippen LogP contribution in [0.5, 0.6) is 0 Å². The fourth-order valence-electron chi connectivity index (χ4n) is 1.82. The van der Waals surface area contributed by atoms with Gasteiger partial charge in [0.05, 0.1) is 0 Å². The molecule has 2 fully saturated rings. The predicted molar refractivity (Wildman–Crippen MR) is 41.4 cm³/mol. The molecule has 0 spiro atoms. The summed E-state index contributed by atoms with van der Waals surface area (Å²) in [6.45, 7) is 3.59. The lowest BCUT2D eigenvalue weighted by atomic mass is 10.2. The zero-order chi connectivity index (χ0) is 8.93. The van der Waals surface area contributed by atoms with Crippen molar-refractivity contribution in [2.45, 2.75) is 44.3 Å². The molecule has 0 unspecified atom stereocenters. The smallest absolute Gasteiger partial charge is 0.166 e. The summed E-state index contributed by atoms with van der Waals surface area (Å²) < 4.78 is 10.9. The van der Waals surface area contributed by atoms with E-state index in [9.17, 15) is 4.79 Å². The minimum Gasteiger partial charge on any atom is -0.342 e. The lowest BCUT2D eigenvalue weighted by molar-refractivity contribution is -0.160. The number of ketones is 1. The molecule has 1 saturated heterocycles. The van der Waals surface area contributed by atoms with E-state index in [2.05, 4.69) is 0 Å². The molecular weight excluding hydrogens is 158 g/mol. The van der Waals surface area contributed by atoms with E-state index >= 15 is 0 Å². The maximum Gasteiger partial charge on any atom is 0.166 e. The first-order valence-corrected chi connectivity index (χ1v) is 4.13. The Morgan fingerprint density at radius 2 is 2.17 bits per heavy atom. The van der Waals surface area contributed by atoms with Gasteiger partial charge in [0, 0.05) is 12.5 Å². The van der Waals surface area contributed by atoms with Crippen molar-refractivity contribution < 1.29 is 14.3 Å². The van der Waals surface area contributed by atoms with Crippen LogP contribution in [0.4, 0.5) is 0 Å². The van der Waals surface area contributed by atoms with Crippen LogP contribution in [0.25, 0.3) is 0 Å². The fraction of sp³-hybridized carbons (Fsp3) is 0.875. The van der Waals surface area contributed by atoms with Crippen LogP contribution < -0.4 is 5.73 Å². The van der Waals surface area contributed by atoms with Gasteiger partial charge in [0.1, 0.15) is 12.2 Å². The van der Waals surface area contributed by atoms with Crippen molar-refractivity contribution in [3.8, 4) is 0 Å². The molecule has 1 aliphatic carbocycles. The summed E-state index contributed by atoms with van der Waals surface area (Å²) in [7, 11) is 0. The number of nitrogens with two attached hydrogens (primary N) is 1. The van der Waals surface area contributed by atoms with Crippen LogP contribution in [-0.4, -0.2) is 29.8 Å². The SMILES string of the molecule is CC1(C)O[C@H]2[C@H](N)CC(=O)[C@H]2O1. The first-order chi connectivity index (χ1) is 5.49. The number of fused-ring (bicyclic) bond motifs is 1. The van der Waals surface area contributed by atoms with Gasteiger partial charge in [-0.25, -0.2) is 0 Å². The Hall–Kier alpha value is -0.450. The highest BCUT2D eigenvalue weighted by atomic mass is 16.8. The first kappa shape index (κ1) is 8.16. The van der Waals surface area contributed by atoms with E-state index in [4.69, 9.17) is 15.2 Å². The summed E-state index contributed by atoms with van der Waals surface area (Å²) >= 11 is 0. The Morgan fingerprint density at radius 1 is 1.50 bits per heavy atom. The number of rotatable bonds is 0. The van der Waals surface area contributed by atoms with Crippen LogP contribution in [0.1, 0.15) is 20.3 Å². The topological polar surface area (TPSA) is 61.5 Å². The maximum absolute atomic E-state index is 11.3. The minimum atomic E-state index is -0.650. The van der Waals surface area contributed by atoms with Crippen molar-refractivity contribution in [1.29, 1.82) is 0 Å². The maximum atomic E-state index is 11.3. The molecule has 0 radical (unpaired) electrons. The molecule has 1 heterocycles. The van der Waals surface area contributed by atoms with E-state index in [-0.39, 0.29) is 17.9 Å². The molecule has 0 aromatic carbocycles.